The van der Waals surface area contributed by atoms with Crippen molar-refractivity contribution >= 4 is 5.91 Å². The molecule has 31 heavy (non-hydrogen) atoms. The first kappa shape index (κ1) is 20.2. The molecule has 3 aromatic heterocycles. The average Bonchev–Trinajstić information content (AvgIpc) is 2.77. The van der Waals surface area contributed by atoms with Crippen LogP contribution in [-0.2, 0) is 6.54 Å². The second-order valence-corrected chi connectivity index (χ2v) is 7.02. The highest BCUT2D eigenvalue weighted by Crippen LogP contribution is 2.19. The molecule has 0 atom stereocenters. The number of hydrogen-bond donors (Lipinski definition) is 1. The Bertz CT molecular complexity index is 1300. The standard InChI is InChI=1S/C24H19FN4O2/c1-16-11-21(7-9-26-16)29-10-8-17(12-23(29)30)14-28-24(31)22-6-5-19(15-27-22)18-3-2-4-20(25)13-18/h2-13,15H,14H2,1H3,(H,28,31). The fraction of sp³-hybridized carbons (Fsp3) is 0.0833. The maximum atomic E-state index is 13.4. The molecule has 3 heterocycles. The number of pyridine rings is 3. The number of nitrogens with zero attached hydrogens (tertiary/aromatic N) is 3. The minimum absolute atomic E-state index is 0.192. The Balaban J connectivity index is 1.43. The number of nitrogens with one attached hydrogen (secondary N) is 1. The molecule has 0 aliphatic carbocycles. The quantitative estimate of drug-likeness (QED) is 0.541. The Labute approximate surface area is 178 Å². The van der Waals surface area contributed by atoms with E-state index in [1.54, 1.807) is 48.8 Å². The Morgan fingerprint density at radius 3 is 2.61 bits per heavy atom. The van der Waals surface area contributed by atoms with Crippen LogP contribution in [0.15, 0.2) is 84.0 Å². The second kappa shape index (κ2) is 8.71. The van der Waals surface area contributed by atoms with Gasteiger partial charge in [0, 0.05) is 42.5 Å². The summed E-state index contributed by atoms with van der Waals surface area (Å²) in [4.78, 5) is 33.2. The molecule has 1 aromatic carbocycles. The number of benzene rings is 1. The number of amides is 1. The molecule has 0 aliphatic heterocycles. The average molecular weight is 414 g/mol. The Hall–Kier alpha value is -4.13. The Morgan fingerprint density at radius 2 is 1.90 bits per heavy atom. The minimum atomic E-state index is -0.361. The van der Waals surface area contributed by atoms with Crippen LogP contribution in [-0.4, -0.2) is 20.4 Å². The van der Waals surface area contributed by atoms with Gasteiger partial charge in [-0.3, -0.25) is 24.1 Å². The van der Waals surface area contributed by atoms with Crippen LogP contribution < -0.4 is 10.9 Å². The van der Waals surface area contributed by atoms with Crippen molar-refractivity contribution in [3.05, 3.63) is 112 Å². The maximum absolute atomic E-state index is 13.4. The van der Waals surface area contributed by atoms with Gasteiger partial charge in [-0.1, -0.05) is 18.2 Å². The molecule has 1 amide bonds. The molecule has 0 fully saturated rings. The van der Waals surface area contributed by atoms with Crippen LogP contribution in [0.1, 0.15) is 21.7 Å². The normalized spacial score (nSPS) is 10.6. The first-order valence-electron chi connectivity index (χ1n) is 9.64. The Kier molecular flexibility index (Phi) is 5.66. The molecule has 0 spiro atoms. The van der Waals surface area contributed by atoms with Crippen LogP contribution in [0.4, 0.5) is 4.39 Å². The zero-order valence-corrected chi connectivity index (χ0v) is 16.7. The number of carbonyl (C=O) groups is 1. The van der Waals surface area contributed by atoms with Gasteiger partial charge in [0.25, 0.3) is 11.5 Å². The summed E-state index contributed by atoms with van der Waals surface area (Å²) in [5, 5.41) is 2.76. The van der Waals surface area contributed by atoms with E-state index in [2.05, 4.69) is 15.3 Å². The van der Waals surface area contributed by atoms with Gasteiger partial charge in [0.15, 0.2) is 0 Å². The van der Waals surface area contributed by atoms with E-state index in [4.69, 9.17) is 0 Å². The van der Waals surface area contributed by atoms with E-state index in [1.807, 2.05) is 13.0 Å². The van der Waals surface area contributed by atoms with Gasteiger partial charge in [-0.25, -0.2) is 4.39 Å². The lowest BCUT2D eigenvalue weighted by atomic mass is 10.1. The molecule has 0 radical (unpaired) electrons. The molecule has 0 aliphatic rings. The molecule has 0 bridgehead atoms. The summed E-state index contributed by atoms with van der Waals surface area (Å²) in [5.74, 6) is -0.694. The first-order valence-corrected chi connectivity index (χ1v) is 9.64. The van der Waals surface area contributed by atoms with E-state index in [9.17, 15) is 14.0 Å². The van der Waals surface area contributed by atoms with Gasteiger partial charge in [0.05, 0.1) is 5.69 Å². The topological polar surface area (TPSA) is 76.9 Å². The van der Waals surface area contributed by atoms with E-state index in [-0.39, 0.29) is 29.5 Å². The lowest BCUT2D eigenvalue weighted by molar-refractivity contribution is 0.0946. The summed E-state index contributed by atoms with van der Waals surface area (Å²) in [6.07, 6.45) is 4.85. The molecule has 1 N–H and O–H groups in total. The number of carbonyl (C=O) groups excluding carboxylic acids is 1. The van der Waals surface area contributed by atoms with Crippen LogP contribution in [0.2, 0.25) is 0 Å². The lowest BCUT2D eigenvalue weighted by Crippen LogP contribution is -2.25. The van der Waals surface area contributed by atoms with Gasteiger partial charge < -0.3 is 5.32 Å². The fourth-order valence-corrected chi connectivity index (χ4v) is 3.16. The lowest BCUT2D eigenvalue weighted by Gasteiger charge is -2.09. The molecule has 4 rings (SSSR count). The zero-order chi connectivity index (χ0) is 21.8. The van der Waals surface area contributed by atoms with Gasteiger partial charge in [0.2, 0.25) is 0 Å². The van der Waals surface area contributed by atoms with Crippen molar-refractivity contribution in [2.45, 2.75) is 13.5 Å². The van der Waals surface area contributed by atoms with Crippen molar-refractivity contribution < 1.29 is 9.18 Å². The second-order valence-electron chi connectivity index (χ2n) is 7.02. The van der Waals surface area contributed by atoms with Gasteiger partial charge >= 0.3 is 0 Å². The molecule has 154 valence electrons. The smallest absolute Gasteiger partial charge is 0.270 e. The van der Waals surface area contributed by atoms with Crippen LogP contribution in [0, 0.1) is 12.7 Å². The van der Waals surface area contributed by atoms with Crippen LogP contribution in [0.3, 0.4) is 0 Å². The van der Waals surface area contributed by atoms with E-state index >= 15 is 0 Å². The number of halogens is 1. The van der Waals surface area contributed by atoms with Crippen LogP contribution in [0.5, 0.6) is 0 Å². The summed E-state index contributed by atoms with van der Waals surface area (Å²) in [6.45, 7) is 2.05. The molecule has 6 nitrogen and oxygen atoms in total. The fourth-order valence-electron chi connectivity index (χ4n) is 3.16. The maximum Gasteiger partial charge on any atom is 0.270 e. The molecule has 7 heteroatoms. The summed E-state index contributed by atoms with van der Waals surface area (Å²) in [6, 6.07) is 16.3. The van der Waals surface area contributed by atoms with Crippen LogP contribution in [0.25, 0.3) is 16.8 Å². The number of aryl methyl sites for hydroxylation is 1. The van der Waals surface area contributed by atoms with Crippen molar-refractivity contribution in [3.63, 3.8) is 0 Å². The molecule has 4 aromatic rings. The summed E-state index contributed by atoms with van der Waals surface area (Å²) < 4.78 is 14.9. The molecule has 0 saturated carbocycles. The van der Waals surface area contributed by atoms with Gasteiger partial charge in [-0.15, -0.1) is 0 Å². The number of rotatable bonds is 5. The monoisotopic (exact) mass is 414 g/mol. The number of aromatic nitrogens is 3. The van der Waals surface area contributed by atoms with Crippen molar-refractivity contribution in [2.24, 2.45) is 0 Å². The number of hydrogen-bond acceptors (Lipinski definition) is 4. The van der Waals surface area contributed by atoms with Crippen molar-refractivity contribution in [1.82, 2.24) is 19.9 Å². The van der Waals surface area contributed by atoms with Crippen molar-refractivity contribution in [2.75, 3.05) is 0 Å². The molecular weight excluding hydrogens is 395 g/mol. The summed E-state index contributed by atoms with van der Waals surface area (Å²) in [5.41, 5.74) is 3.66. The largest absolute Gasteiger partial charge is 0.347 e. The highest BCUT2D eigenvalue weighted by atomic mass is 19.1. The third-order valence-electron chi connectivity index (χ3n) is 4.75. The van der Waals surface area contributed by atoms with Gasteiger partial charge in [-0.05, 0) is 54.4 Å². The molecular formula is C24H19FN4O2. The molecule has 0 saturated heterocycles. The summed E-state index contributed by atoms with van der Waals surface area (Å²) in [7, 11) is 0. The van der Waals surface area contributed by atoms with Crippen LogP contribution >= 0.6 is 0 Å². The SMILES string of the molecule is Cc1cc(-n2ccc(CNC(=O)c3ccc(-c4cccc(F)c4)cn3)cc2=O)ccn1. The van der Waals surface area contributed by atoms with Crippen molar-refractivity contribution in [1.29, 1.82) is 0 Å². The highest BCUT2D eigenvalue weighted by Gasteiger charge is 2.09. The van der Waals surface area contributed by atoms with Crippen molar-refractivity contribution in [3.8, 4) is 16.8 Å². The predicted molar refractivity (Wildman–Crippen MR) is 115 cm³/mol. The van der Waals surface area contributed by atoms with Gasteiger partial charge in [-0.2, -0.15) is 0 Å². The van der Waals surface area contributed by atoms with E-state index in [0.717, 1.165) is 11.4 Å². The summed E-state index contributed by atoms with van der Waals surface area (Å²) >= 11 is 0. The van der Waals surface area contributed by atoms with E-state index in [1.165, 1.54) is 29.0 Å². The van der Waals surface area contributed by atoms with Gasteiger partial charge in [0.1, 0.15) is 11.5 Å². The molecule has 0 unspecified atom stereocenters. The third-order valence-corrected chi connectivity index (χ3v) is 4.75. The Morgan fingerprint density at radius 1 is 1.03 bits per heavy atom. The zero-order valence-electron chi connectivity index (χ0n) is 16.7. The third kappa shape index (κ3) is 4.72. The predicted octanol–water partition coefficient (Wildman–Crippen LogP) is 3.67. The van der Waals surface area contributed by atoms with E-state index < -0.39 is 0 Å². The highest BCUT2D eigenvalue weighted by molar-refractivity contribution is 5.92. The van der Waals surface area contributed by atoms with E-state index in [0.29, 0.717) is 16.7 Å². The minimum Gasteiger partial charge on any atom is -0.347 e. The first-order chi connectivity index (χ1) is 15.0.